The van der Waals surface area contributed by atoms with Gasteiger partial charge < -0.3 is 0 Å². The zero-order chi connectivity index (χ0) is 14.2. The second-order valence-corrected chi connectivity index (χ2v) is 5.77. The van der Waals surface area contributed by atoms with Crippen molar-refractivity contribution in [3.63, 3.8) is 0 Å². The van der Waals surface area contributed by atoms with Crippen LogP contribution >= 0.6 is 27.5 Å². The Balaban J connectivity index is 2.31. The summed E-state index contributed by atoms with van der Waals surface area (Å²) in [5.74, 6) is 0.0323. The summed E-state index contributed by atoms with van der Waals surface area (Å²) in [6, 6.07) is 5.70. The van der Waals surface area contributed by atoms with E-state index in [1.165, 1.54) is 0 Å². The number of hydrogen-bond donors (Lipinski definition) is 0. The van der Waals surface area contributed by atoms with Gasteiger partial charge in [-0.3, -0.25) is 9.48 Å². The lowest BCUT2D eigenvalue weighted by Gasteiger charge is -2.05. The molecule has 0 N–H and O–H groups in total. The Morgan fingerprint density at radius 2 is 2.11 bits per heavy atom. The SMILES string of the molecule is Cc1ccc(C(=O)Cc2c(C)nn(C)c2Cl)c(Br)c1. The first-order valence-corrected chi connectivity index (χ1v) is 7.04. The normalized spacial score (nSPS) is 10.8. The maximum Gasteiger partial charge on any atom is 0.168 e. The lowest BCUT2D eigenvalue weighted by atomic mass is 10.0. The number of carbonyl (C=O) groups excluding carboxylic acids is 1. The lowest BCUT2D eigenvalue weighted by molar-refractivity contribution is 0.0992. The predicted octanol–water partition coefficient (Wildman–Crippen LogP) is 3.88. The molecule has 19 heavy (non-hydrogen) atoms. The summed E-state index contributed by atoms with van der Waals surface area (Å²) >= 11 is 9.58. The van der Waals surface area contributed by atoms with Crippen molar-refractivity contribution in [3.05, 3.63) is 50.2 Å². The molecule has 0 unspecified atom stereocenters. The Labute approximate surface area is 125 Å². The van der Waals surface area contributed by atoms with Gasteiger partial charge >= 0.3 is 0 Å². The minimum atomic E-state index is 0.0323. The molecule has 0 atom stereocenters. The Morgan fingerprint density at radius 1 is 1.42 bits per heavy atom. The molecule has 2 rings (SSSR count). The van der Waals surface area contributed by atoms with Gasteiger partial charge in [-0.25, -0.2) is 0 Å². The summed E-state index contributed by atoms with van der Waals surface area (Å²) < 4.78 is 2.40. The van der Waals surface area contributed by atoms with Gasteiger partial charge in [0.05, 0.1) is 5.69 Å². The first kappa shape index (κ1) is 14.3. The number of Topliss-reactive ketones (excluding diaryl/α,β-unsaturated/α-hetero) is 1. The van der Waals surface area contributed by atoms with E-state index in [0.717, 1.165) is 21.3 Å². The molecule has 1 heterocycles. The number of aryl methyl sites for hydroxylation is 3. The van der Waals surface area contributed by atoms with Gasteiger partial charge in [0.2, 0.25) is 0 Å². The van der Waals surface area contributed by atoms with Crippen LogP contribution in [0.25, 0.3) is 0 Å². The minimum absolute atomic E-state index is 0.0323. The van der Waals surface area contributed by atoms with Gasteiger partial charge in [0.25, 0.3) is 0 Å². The van der Waals surface area contributed by atoms with Crippen LogP contribution < -0.4 is 0 Å². The van der Waals surface area contributed by atoms with Crippen molar-refractivity contribution >= 4 is 33.3 Å². The van der Waals surface area contributed by atoms with E-state index >= 15 is 0 Å². The predicted molar refractivity (Wildman–Crippen MR) is 79.9 cm³/mol. The largest absolute Gasteiger partial charge is 0.294 e. The highest BCUT2D eigenvalue weighted by atomic mass is 79.9. The van der Waals surface area contributed by atoms with Gasteiger partial charge in [-0.05, 0) is 31.5 Å². The summed E-state index contributed by atoms with van der Waals surface area (Å²) in [6.07, 6.45) is 0.264. The number of hydrogen-bond acceptors (Lipinski definition) is 2. The van der Waals surface area contributed by atoms with Crippen LogP contribution in [0.2, 0.25) is 5.15 Å². The number of aromatic nitrogens is 2. The quantitative estimate of drug-likeness (QED) is 0.794. The molecule has 0 aliphatic carbocycles. The van der Waals surface area contributed by atoms with Crippen molar-refractivity contribution in [2.24, 2.45) is 7.05 Å². The highest BCUT2D eigenvalue weighted by Crippen LogP contribution is 2.24. The molecule has 0 aliphatic heterocycles. The van der Waals surface area contributed by atoms with Crippen molar-refractivity contribution < 1.29 is 4.79 Å². The molecule has 0 bridgehead atoms. The fourth-order valence-corrected chi connectivity index (χ4v) is 2.93. The van der Waals surface area contributed by atoms with Crippen molar-refractivity contribution in [2.75, 3.05) is 0 Å². The van der Waals surface area contributed by atoms with Crippen LogP contribution in [0.3, 0.4) is 0 Å². The van der Waals surface area contributed by atoms with Crippen molar-refractivity contribution in [1.82, 2.24) is 9.78 Å². The van der Waals surface area contributed by atoms with Crippen LogP contribution in [0.4, 0.5) is 0 Å². The smallest absolute Gasteiger partial charge is 0.168 e. The lowest BCUT2D eigenvalue weighted by Crippen LogP contribution is -2.05. The van der Waals surface area contributed by atoms with Crippen molar-refractivity contribution in [1.29, 1.82) is 0 Å². The van der Waals surface area contributed by atoms with Crippen LogP contribution in [0, 0.1) is 13.8 Å². The van der Waals surface area contributed by atoms with Gasteiger partial charge in [0, 0.05) is 29.1 Å². The second kappa shape index (κ2) is 5.47. The molecular weight excluding hydrogens is 328 g/mol. The van der Waals surface area contributed by atoms with Crippen LogP contribution in [-0.2, 0) is 13.5 Å². The standard InChI is InChI=1S/C14H14BrClN2O/c1-8-4-5-10(12(15)6-8)13(19)7-11-9(2)17-18(3)14(11)16/h4-6H,7H2,1-3H3. The van der Waals surface area contributed by atoms with Crippen molar-refractivity contribution in [3.8, 4) is 0 Å². The van der Waals surface area contributed by atoms with Gasteiger partial charge in [0.15, 0.2) is 5.78 Å². The molecule has 0 saturated carbocycles. The highest BCUT2D eigenvalue weighted by molar-refractivity contribution is 9.10. The average Bonchev–Trinajstić information content (AvgIpc) is 2.56. The van der Waals surface area contributed by atoms with E-state index < -0.39 is 0 Å². The average molecular weight is 342 g/mol. The summed E-state index contributed by atoms with van der Waals surface area (Å²) in [7, 11) is 1.77. The minimum Gasteiger partial charge on any atom is -0.294 e. The van der Waals surface area contributed by atoms with E-state index in [-0.39, 0.29) is 12.2 Å². The molecule has 0 radical (unpaired) electrons. The zero-order valence-corrected chi connectivity index (χ0v) is 13.3. The molecule has 0 amide bonds. The molecule has 1 aromatic heterocycles. The second-order valence-electron chi connectivity index (χ2n) is 4.56. The van der Waals surface area contributed by atoms with E-state index in [1.807, 2.05) is 32.0 Å². The van der Waals surface area contributed by atoms with Gasteiger partial charge in [0.1, 0.15) is 5.15 Å². The summed E-state index contributed by atoms with van der Waals surface area (Å²) in [5, 5.41) is 4.74. The third kappa shape index (κ3) is 2.90. The summed E-state index contributed by atoms with van der Waals surface area (Å²) in [4.78, 5) is 12.3. The monoisotopic (exact) mass is 340 g/mol. The molecule has 0 saturated heterocycles. The van der Waals surface area contributed by atoms with Crippen LogP contribution in [0.15, 0.2) is 22.7 Å². The molecule has 2 aromatic rings. The molecule has 0 spiro atoms. The number of benzene rings is 1. The van der Waals surface area contributed by atoms with Gasteiger partial charge in [-0.2, -0.15) is 5.10 Å². The van der Waals surface area contributed by atoms with E-state index in [4.69, 9.17) is 11.6 Å². The Bertz CT molecular complexity index is 649. The van der Waals surface area contributed by atoms with Gasteiger partial charge in [-0.1, -0.05) is 33.6 Å². The third-order valence-electron chi connectivity index (χ3n) is 3.03. The fourth-order valence-electron chi connectivity index (χ4n) is 1.98. The number of carbonyl (C=O) groups is 1. The maximum atomic E-state index is 12.3. The third-order valence-corrected chi connectivity index (χ3v) is 4.16. The number of nitrogens with zero attached hydrogens (tertiary/aromatic N) is 2. The fraction of sp³-hybridized carbons (Fsp3) is 0.286. The van der Waals surface area contributed by atoms with Crippen LogP contribution in [0.5, 0.6) is 0 Å². The zero-order valence-electron chi connectivity index (χ0n) is 11.0. The topological polar surface area (TPSA) is 34.9 Å². The summed E-state index contributed by atoms with van der Waals surface area (Å²) in [5.41, 5.74) is 3.37. The highest BCUT2D eigenvalue weighted by Gasteiger charge is 2.17. The van der Waals surface area contributed by atoms with Crippen LogP contribution in [0.1, 0.15) is 27.2 Å². The van der Waals surface area contributed by atoms with E-state index in [1.54, 1.807) is 11.7 Å². The molecule has 0 aliphatic rings. The number of rotatable bonds is 3. The van der Waals surface area contributed by atoms with E-state index in [9.17, 15) is 4.79 Å². The van der Waals surface area contributed by atoms with Gasteiger partial charge in [-0.15, -0.1) is 0 Å². The molecule has 5 heteroatoms. The van der Waals surface area contributed by atoms with Crippen LogP contribution in [-0.4, -0.2) is 15.6 Å². The first-order valence-electron chi connectivity index (χ1n) is 5.87. The molecule has 1 aromatic carbocycles. The molecule has 0 fully saturated rings. The number of ketones is 1. The Kier molecular flexibility index (Phi) is 4.11. The molecular formula is C14H14BrClN2O. The van der Waals surface area contributed by atoms with E-state index in [2.05, 4.69) is 21.0 Å². The molecule has 3 nitrogen and oxygen atoms in total. The molecule has 100 valence electrons. The summed E-state index contributed by atoms with van der Waals surface area (Å²) in [6.45, 7) is 3.85. The van der Waals surface area contributed by atoms with E-state index in [0.29, 0.717) is 10.7 Å². The number of halogens is 2. The Morgan fingerprint density at radius 3 is 2.63 bits per heavy atom. The van der Waals surface area contributed by atoms with Crippen molar-refractivity contribution in [2.45, 2.75) is 20.3 Å². The Hall–Kier alpha value is -1.13. The maximum absolute atomic E-state index is 12.3. The first-order chi connectivity index (χ1) is 8.90.